The minimum atomic E-state index is -0.182. The minimum absolute atomic E-state index is 0.182. The lowest BCUT2D eigenvalue weighted by atomic mass is 9.85. The molecule has 1 aliphatic carbocycles. The van der Waals surface area contributed by atoms with E-state index in [-0.39, 0.29) is 5.82 Å². The molecular weight excluding hydrogens is 257 g/mol. The molecule has 1 aromatic carbocycles. The van der Waals surface area contributed by atoms with Crippen LogP contribution in [0.2, 0.25) is 0 Å². The largest absolute Gasteiger partial charge is 0.312 e. The summed E-state index contributed by atoms with van der Waals surface area (Å²) in [5, 5.41) is 3.37. The zero-order chi connectivity index (χ0) is 10.7. The molecule has 1 fully saturated rings. The van der Waals surface area contributed by atoms with Crippen LogP contribution in [-0.4, -0.2) is 6.54 Å². The van der Waals surface area contributed by atoms with Crippen LogP contribution in [0.1, 0.15) is 24.8 Å². The Hall–Kier alpha value is -0.410. The fraction of sp³-hybridized carbons (Fsp3) is 0.500. The van der Waals surface area contributed by atoms with E-state index in [4.69, 9.17) is 0 Å². The highest BCUT2D eigenvalue weighted by Gasteiger charge is 2.16. The van der Waals surface area contributed by atoms with E-state index in [1.807, 2.05) is 6.07 Å². The number of benzene rings is 1. The highest BCUT2D eigenvalue weighted by Crippen LogP contribution is 2.25. The first-order valence-corrected chi connectivity index (χ1v) is 6.19. The van der Waals surface area contributed by atoms with Gasteiger partial charge in [0.1, 0.15) is 5.82 Å². The highest BCUT2D eigenvalue weighted by molar-refractivity contribution is 9.10. The molecule has 0 amide bonds. The van der Waals surface area contributed by atoms with Gasteiger partial charge in [-0.25, -0.2) is 4.39 Å². The van der Waals surface area contributed by atoms with E-state index in [1.165, 1.54) is 19.3 Å². The summed E-state index contributed by atoms with van der Waals surface area (Å²) >= 11 is 3.15. The Kier molecular flexibility index (Phi) is 3.76. The molecule has 1 nitrogen and oxygen atoms in total. The molecule has 15 heavy (non-hydrogen) atoms. The number of nitrogens with one attached hydrogen (secondary N) is 1. The van der Waals surface area contributed by atoms with Gasteiger partial charge in [0.25, 0.3) is 0 Å². The smallest absolute Gasteiger partial charge is 0.137 e. The third kappa shape index (κ3) is 3.02. The van der Waals surface area contributed by atoms with Gasteiger partial charge >= 0.3 is 0 Å². The molecule has 0 spiro atoms. The molecule has 0 aromatic heterocycles. The van der Waals surface area contributed by atoms with Crippen LogP contribution in [0.5, 0.6) is 0 Å². The molecule has 82 valence electrons. The first kappa shape index (κ1) is 11.1. The zero-order valence-corrected chi connectivity index (χ0v) is 10.2. The van der Waals surface area contributed by atoms with Crippen LogP contribution in [0.3, 0.4) is 0 Å². The van der Waals surface area contributed by atoms with E-state index >= 15 is 0 Å². The first-order valence-electron chi connectivity index (χ1n) is 5.40. The molecule has 0 aliphatic heterocycles. The van der Waals surface area contributed by atoms with E-state index in [0.717, 1.165) is 24.6 Å². The number of halogens is 2. The molecule has 1 aromatic rings. The SMILES string of the molecule is Fc1cc(CNCC2CCC2)ccc1Br. The summed E-state index contributed by atoms with van der Waals surface area (Å²) in [5.74, 6) is 0.670. The first-order chi connectivity index (χ1) is 7.25. The van der Waals surface area contributed by atoms with Gasteiger partial charge in [-0.1, -0.05) is 12.5 Å². The van der Waals surface area contributed by atoms with Crippen LogP contribution in [0, 0.1) is 11.7 Å². The Morgan fingerprint density at radius 3 is 2.80 bits per heavy atom. The van der Waals surface area contributed by atoms with E-state index < -0.39 is 0 Å². The van der Waals surface area contributed by atoms with Crippen molar-refractivity contribution in [2.45, 2.75) is 25.8 Å². The second-order valence-electron chi connectivity index (χ2n) is 4.18. The Balaban J connectivity index is 1.79. The molecule has 1 aliphatic rings. The Morgan fingerprint density at radius 1 is 1.40 bits per heavy atom. The molecular formula is C12H15BrFN. The molecule has 0 bridgehead atoms. The maximum Gasteiger partial charge on any atom is 0.137 e. The maximum atomic E-state index is 13.2. The van der Waals surface area contributed by atoms with Crippen LogP contribution in [0.25, 0.3) is 0 Å². The van der Waals surface area contributed by atoms with Crippen LogP contribution in [-0.2, 0) is 6.54 Å². The minimum Gasteiger partial charge on any atom is -0.312 e. The molecule has 1 saturated carbocycles. The van der Waals surface area contributed by atoms with Gasteiger partial charge in [-0.05, 0) is 58.9 Å². The molecule has 0 radical (unpaired) electrons. The number of hydrogen-bond acceptors (Lipinski definition) is 1. The van der Waals surface area contributed by atoms with Crippen LogP contribution in [0.4, 0.5) is 4.39 Å². The lowest BCUT2D eigenvalue weighted by Gasteiger charge is -2.25. The standard InChI is InChI=1S/C12H15BrFN/c13-11-5-4-10(6-12(11)14)8-15-7-9-2-1-3-9/h4-6,9,15H,1-3,7-8H2. The summed E-state index contributed by atoms with van der Waals surface area (Å²) in [7, 11) is 0. The fourth-order valence-electron chi connectivity index (χ4n) is 1.77. The van der Waals surface area contributed by atoms with Gasteiger partial charge in [-0.15, -0.1) is 0 Å². The average Bonchev–Trinajstić information content (AvgIpc) is 2.15. The molecule has 0 atom stereocenters. The third-order valence-electron chi connectivity index (χ3n) is 2.97. The summed E-state index contributed by atoms with van der Waals surface area (Å²) in [6.07, 6.45) is 4.07. The van der Waals surface area contributed by atoms with Crippen molar-refractivity contribution >= 4 is 15.9 Å². The summed E-state index contributed by atoms with van der Waals surface area (Å²) in [6.45, 7) is 1.83. The van der Waals surface area contributed by atoms with Crippen molar-refractivity contribution < 1.29 is 4.39 Å². The summed E-state index contributed by atoms with van der Waals surface area (Å²) in [4.78, 5) is 0. The predicted molar refractivity (Wildman–Crippen MR) is 63.1 cm³/mol. The van der Waals surface area contributed by atoms with Crippen LogP contribution >= 0.6 is 15.9 Å². The molecule has 2 rings (SSSR count). The second kappa shape index (κ2) is 5.08. The normalized spacial score (nSPS) is 16.4. The highest BCUT2D eigenvalue weighted by atomic mass is 79.9. The zero-order valence-electron chi connectivity index (χ0n) is 8.60. The average molecular weight is 272 g/mol. The van der Waals surface area contributed by atoms with Crippen LogP contribution < -0.4 is 5.32 Å². The van der Waals surface area contributed by atoms with Crippen molar-refractivity contribution in [2.24, 2.45) is 5.92 Å². The van der Waals surface area contributed by atoms with E-state index in [2.05, 4.69) is 21.2 Å². The van der Waals surface area contributed by atoms with E-state index in [0.29, 0.717) is 4.47 Å². The second-order valence-corrected chi connectivity index (χ2v) is 5.03. The molecule has 1 N–H and O–H groups in total. The number of rotatable bonds is 4. The Morgan fingerprint density at radius 2 is 2.20 bits per heavy atom. The van der Waals surface area contributed by atoms with Gasteiger partial charge in [0.2, 0.25) is 0 Å². The van der Waals surface area contributed by atoms with Crippen LogP contribution in [0.15, 0.2) is 22.7 Å². The van der Waals surface area contributed by atoms with Gasteiger partial charge in [0.05, 0.1) is 4.47 Å². The molecule has 3 heteroatoms. The summed E-state index contributed by atoms with van der Waals surface area (Å²) in [5.41, 5.74) is 1.01. The Bertz CT molecular complexity index is 336. The van der Waals surface area contributed by atoms with Crippen molar-refractivity contribution in [1.29, 1.82) is 0 Å². The predicted octanol–water partition coefficient (Wildman–Crippen LogP) is 3.48. The lowest BCUT2D eigenvalue weighted by molar-refractivity contribution is 0.301. The maximum absolute atomic E-state index is 13.2. The number of hydrogen-bond donors (Lipinski definition) is 1. The van der Waals surface area contributed by atoms with Gasteiger partial charge in [0, 0.05) is 6.54 Å². The fourth-order valence-corrected chi connectivity index (χ4v) is 2.01. The van der Waals surface area contributed by atoms with Gasteiger partial charge < -0.3 is 5.32 Å². The van der Waals surface area contributed by atoms with Gasteiger partial charge in [-0.2, -0.15) is 0 Å². The Labute approximate surface area is 98.2 Å². The molecule has 0 heterocycles. The summed E-state index contributed by atoms with van der Waals surface area (Å²) in [6, 6.07) is 5.29. The van der Waals surface area contributed by atoms with Gasteiger partial charge in [-0.3, -0.25) is 0 Å². The monoisotopic (exact) mass is 271 g/mol. The topological polar surface area (TPSA) is 12.0 Å². The van der Waals surface area contributed by atoms with Crippen molar-refractivity contribution in [1.82, 2.24) is 5.32 Å². The quantitative estimate of drug-likeness (QED) is 0.884. The van der Waals surface area contributed by atoms with Crippen molar-refractivity contribution in [3.8, 4) is 0 Å². The molecule has 0 saturated heterocycles. The van der Waals surface area contributed by atoms with E-state index in [9.17, 15) is 4.39 Å². The van der Waals surface area contributed by atoms with Crippen molar-refractivity contribution in [2.75, 3.05) is 6.54 Å². The van der Waals surface area contributed by atoms with Gasteiger partial charge in [0.15, 0.2) is 0 Å². The summed E-state index contributed by atoms with van der Waals surface area (Å²) < 4.78 is 13.7. The lowest BCUT2D eigenvalue weighted by Crippen LogP contribution is -2.26. The third-order valence-corrected chi connectivity index (χ3v) is 3.61. The van der Waals surface area contributed by atoms with E-state index in [1.54, 1.807) is 12.1 Å². The van der Waals surface area contributed by atoms with Crippen molar-refractivity contribution in [3.63, 3.8) is 0 Å². The molecule has 0 unspecified atom stereocenters. The van der Waals surface area contributed by atoms with Crippen molar-refractivity contribution in [3.05, 3.63) is 34.1 Å².